The quantitative estimate of drug-likeness (QED) is 0.685. The highest BCUT2D eigenvalue weighted by Crippen LogP contribution is 2.39. The lowest BCUT2D eigenvalue weighted by atomic mass is 10.1. The van der Waals surface area contributed by atoms with Crippen molar-refractivity contribution in [1.82, 2.24) is 4.98 Å². The van der Waals surface area contributed by atoms with Gasteiger partial charge in [-0.1, -0.05) is 34.8 Å². The van der Waals surface area contributed by atoms with Crippen molar-refractivity contribution in [3.63, 3.8) is 0 Å². The summed E-state index contributed by atoms with van der Waals surface area (Å²) in [6, 6.07) is 4.86. The number of alkyl halides is 3. The van der Waals surface area contributed by atoms with E-state index < -0.39 is 11.9 Å². The molecule has 1 heterocycles. The predicted octanol–water partition coefficient (Wildman–Crippen LogP) is 5.74. The van der Waals surface area contributed by atoms with E-state index in [2.05, 4.69) is 4.98 Å². The first-order valence-electron chi connectivity index (χ1n) is 5.50. The van der Waals surface area contributed by atoms with Crippen molar-refractivity contribution in [2.45, 2.75) is 6.18 Å². The second-order valence-electron chi connectivity index (χ2n) is 4.02. The lowest BCUT2D eigenvalue weighted by molar-refractivity contribution is -0.141. The number of hydrogen-bond donors (Lipinski definition) is 0. The lowest BCUT2D eigenvalue weighted by Crippen LogP contribution is -2.09. The maximum absolute atomic E-state index is 12.9. The fraction of sp³-hybridized carbons (Fsp3) is 0.154. The molecule has 2 rings (SSSR count). The second kappa shape index (κ2) is 5.91. The number of rotatable bonds is 2. The van der Waals surface area contributed by atoms with Crippen LogP contribution in [-0.2, 0) is 6.18 Å². The first-order chi connectivity index (χ1) is 9.72. The zero-order chi connectivity index (χ0) is 15.8. The van der Waals surface area contributed by atoms with Crippen LogP contribution in [0.15, 0.2) is 24.3 Å². The van der Waals surface area contributed by atoms with Crippen molar-refractivity contribution in [1.29, 1.82) is 0 Å². The average Bonchev–Trinajstić information content (AvgIpc) is 2.36. The van der Waals surface area contributed by atoms with Crippen molar-refractivity contribution in [3.05, 3.63) is 45.0 Å². The molecule has 0 spiro atoms. The summed E-state index contributed by atoms with van der Waals surface area (Å²) in [6.45, 7) is 0. The van der Waals surface area contributed by atoms with Crippen molar-refractivity contribution < 1.29 is 17.9 Å². The molecule has 0 unspecified atom stereocenters. The fourth-order valence-electron chi connectivity index (χ4n) is 1.68. The van der Waals surface area contributed by atoms with Gasteiger partial charge in [0.15, 0.2) is 0 Å². The summed E-state index contributed by atoms with van der Waals surface area (Å²) < 4.78 is 43.4. The van der Waals surface area contributed by atoms with Crippen LogP contribution in [0.2, 0.25) is 15.1 Å². The SMILES string of the molecule is COc1cc(-c2c(Cl)cc(Cl)cc2Cl)nc(C(F)(F)F)c1. The summed E-state index contributed by atoms with van der Waals surface area (Å²) in [5.74, 6) is -0.00518. The summed E-state index contributed by atoms with van der Waals surface area (Å²) in [4.78, 5) is 3.56. The molecule has 0 aliphatic heterocycles. The van der Waals surface area contributed by atoms with Crippen molar-refractivity contribution in [2.75, 3.05) is 7.11 Å². The first-order valence-corrected chi connectivity index (χ1v) is 6.64. The van der Waals surface area contributed by atoms with Gasteiger partial charge in [-0.3, -0.25) is 0 Å². The van der Waals surface area contributed by atoms with E-state index in [9.17, 15) is 13.2 Å². The van der Waals surface area contributed by atoms with Crippen LogP contribution in [0.1, 0.15) is 5.69 Å². The van der Waals surface area contributed by atoms with Gasteiger partial charge in [0.2, 0.25) is 0 Å². The minimum absolute atomic E-state index is 0.00518. The Morgan fingerprint density at radius 1 is 1.00 bits per heavy atom. The molecule has 0 radical (unpaired) electrons. The zero-order valence-electron chi connectivity index (χ0n) is 10.4. The maximum Gasteiger partial charge on any atom is 0.433 e. The predicted molar refractivity (Wildman–Crippen MR) is 76.3 cm³/mol. The fourth-order valence-corrected chi connectivity index (χ4v) is 2.69. The van der Waals surface area contributed by atoms with Crippen LogP contribution in [0.4, 0.5) is 13.2 Å². The Labute approximate surface area is 133 Å². The molecule has 8 heteroatoms. The van der Waals surface area contributed by atoms with E-state index in [0.717, 1.165) is 6.07 Å². The van der Waals surface area contributed by atoms with Gasteiger partial charge in [0.25, 0.3) is 0 Å². The van der Waals surface area contributed by atoms with E-state index in [4.69, 9.17) is 39.5 Å². The van der Waals surface area contributed by atoms with Gasteiger partial charge in [-0.2, -0.15) is 13.2 Å². The summed E-state index contributed by atoms with van der Waals surface area (Å²) in [6.07, 6.45) is -4.62. The summed E-state index contributed by atoms with van der Waals surface area (Å²) in [5.41, 5.74) is -0.987. The number of benzene rings is 1. The molecule has 21 heavy (non-hydrogen) atoms. The molecule has 2 nitrogen and oxygen atoms in total. The van der Waals surface area contributed by atoms with Crippen LogP contribution >= 0.6 is 34.8 Å². The number of nitrogens with zero attached hydrogens (tertiary/aromatic N) is 1. The van der Waals surface area contributed by atoms with Gasteiger partial charge in [0.05, 0.1) is 22.8 Å². The highest BCUT2D eigenvalue weighted by atomic mass is 35.5. The third-order valence-electron chi connectivity index (χ3n) is 2.59. The molecule has 1 aromatic carbocycles. The van der Waals surface area contributed by atoms with E-state index in [1.807, 2.05) is 0 Å². The number of pyridine rings is 1. The van der Waals surface area contributed by atoms with Crippen LogP contribution in [0.25, 0.3) is 11.3 Å². The molecule has 2 aromatic rings. The number of methoxy groups -OCH3 is 1. The van der Waals surface area contributed by atoms with Crippen molar-refractivity contribution >= 4 is 34.8 Å². The highest BCUT2D eigenvalue weighted by Gasteiger charge is 2.34. The van der Waals surface area contributed by atoms with Crippen LogP contribution in [-0.4, -0.2) is 12.1 Å². The van der Waals surface area contributed by atoms with Crippen molar-refractivity contribution in [2.24, 2.45) is 0 Å². The van der Waals surface area contributed by atoms with E-state index in [-0.39, 0.29) is 32.1 Å². The van der Waals surface area contributed by atoms with Crippen LogP contribution < -0.4 is 4.74 Å². The van der Waals surface area contributed by atoms with Gasteiger partial charge in [0.1, 0.15) is 11.4 Å². The molecule has 112 valence electrons. The topological polar surface area (TPSA) is 22.1 Å². The Hall–Kier alpha value is -1.17. The van der Waals surface area contributed by atoms with Crippen LogP contribution in [0.3, 0.4) is 0 Å². The van der Waals surface area contributed by atoms with Gasteiger partial charge < -0.3 is 4.74 Å². The Balaban J connectivity index is 2.70. The standard InChI is InChI=1S/C13H7Cl3F3NO/c1-21-7-4-10(20-11(5-7)13(17,18)19)12-8(15)2-6(14)3-9(12)16/h2-5H,1H3. The van der Waals surface area contributed by atoms with Gasteiger partial charge in [-0.25, -0.2) is 4.98 Å². The van der Waals surface area contributed by atoms with Gasteiger partial charge >= 0.3 is 6.18 Å². The number of ether oxygens (including phenoxy) is 1. The molecule has 0 aliphatic carbocycles. The maximum atomic E-state index is 12.9. The molecule has 0 atom stereocenters. The molecular weight excluding hydrogens is 350 g/mol. The zero-order valence-corrected chi connectivity index (χ0v) is 12.7. The summed E-state index contributed by atoms with van der Waals surface area (Å²) in [7, 11) is 1.25. The van der Waals surface area contributed by atoms with Gasteiger partial charge in [-0.05, 0) is 12.1 Å². The van der Waals surface area contributed by atoms with E-state index in [1.165, 1.54) is 25.3 Å². The van der Waals surface area contributed by atoms with E-state index >= 15 is 0 Å². The molecule has 0 saturated carbocycles. The molecule has 1 aromatic heterocycles. The van der Waals surface area contributed by atoms with Crippen LogP contribution in [0.5, 0.6) is 5.75 Å². The van der Waals surface area contributed by atoms with Gasteiger partial charge in [-0.15, -0.1) is 0 Å². The Bertz CT molecular complexity index is 666. The van der Waals surface area contributed by atoms with Crippen LogP contribution in [0, 0.1) is 0 Å². The molecule has 0 fully saturated rings. The lowest BCUT2D eigenvalue weighted by Gasteiger charge is -2.13. The minimum atomic E-state index is -4.62. The molecular formula is C13H7Cl3F3NO. The first kappa shape index (κ1) is 16.2. The molecule has 0 aliphatic rings. The van der Waals surface area contributed by atoms with Gasteiger partial charge in [0, 0.05) is 22.7 Å². The third-order valence-corrected chi connectivity index (χ3v) is 3.40. The Morgan fingerprint density at radius 2 is 1.57 bits per heavy atom. The minimum Gasteiger partial charge on any atom is -0.497 e. The normalized spacial score (nSPS) is 11.6. The monoisotopic (exact) mass is 355 g/mol. The molecule has 0 N–H and O–H groups in total. The smallest absolute Gasteiger partial charge is 0.433 e. The highest BCUT2D eigenvalue weighted by molar-refractivity contribution is 6.41. The number of hydrogen-bond acceptors (Lipinski definition) is 2. The summed E-state index contributed by atoms with van der Waals surface area (Å²) in [5, 5.41) is 0.468. The molecule has 0 saturated heterocycles. The molecule has 0 bridgehead atoms. The third kappa shape index (κ3) is 3.54. The number of aromatic nitrogens is 1. The molecule has 0 amide bonds. The number of halogens is 6. The largest absolute Gasteiger partial charge is 0.497 e. The summed E-state index contributed by atoms with van der Waals surface area (Å²) >= 11 is 17.8. The van der Waals surface area contributed by atoms with Crippen molar-refractivity contribution in [3.8, 4) is 17.0 Å². The van der Waals surface area contributed by atoms with E-state index in [1.54, 1.807) is 0 Å². The Kier molecular flexibility index (Phi) is 4.56. The second-order valence-corrected chi connectivity index (χ2v) is 5.27. The average molecular weight is 357 g/mol. The Morgan fingerprint density at radius 3 is 2.05 bits per heavy atom. The van der Waals surface area contributed by atoms with E-state index in [0.29, 0.717) is 0 Å².